The molecule has 0 bridgehead atoms. The van der Waals surface area contributed by atoms with Crippen molar-refractivity contribution in [2.75, 3.05) is 13.2 Å². The van der Waals surface area contributed by atoms with E-state index in [-0.39, 0.29) is 5.97 Å². The van der Waals surface area contributed by atoms with Crippen molar-refractivity contribution in [3.05, 3.63) is 27.8 Å². The molecule has 3 heteroatoms. The quantitative estimate of drug-likeness (QED) is 0.783. The van der Waals surface area contributed by atoms with Crippen LogP contribution < -0.4 is 4.74 Å². The van der Waals surface area contributed by atoms with Crippen LogP contribution >= 0.6 is 0 Å². The summed E-state index contributed by atoms with van der Waals surface area (Å²) in [6, 6.07) is 0. The molecule has 0 fully saturated rings. The molecule has 0 spiro atoms. The highest BCUT2D eigenvalue weighted by atomic mass is 16.5. The van der Waals surface area contributed by atoms with Gasteiger partial charge in [-0.05, 0) is 62.3 Å². The van der Waals surface area contributed by atoms with E-state index in [1.54, 1.807) is 0 Å². The molecule has 0 radical (unpaired) electrons. The molecule has 1 aliphatic heterocycles. The van der Waals surface area contributed by atoms with Gasteiger partial charge in [-0.15, -0.1) is 0 Å². The molecule has 1 aromatic rings. The monoisotopic (exact) mass is 262 g/mol. The van der Waals surface area contributed by atoms with Gasteiger partial charge in [0.1, 0.15) is 11.3 Å². The van der Waals surface area contributed by atoms with Gasteiger partial charge in [0, 0.05) is 0 Å². The molecule has 3 nitrogen and oxygen atoms in total. The number of esters is 1. The molecule has 19 heavy (non-hydrogen) atoms. The smallest absolute Gasteiger partial charge is 0.342 e. The van der Waals surface area contributed by atoms with E-state index in [1.165, 1.54) is 16.7 Å². The standard InChI is InChI=1S/C16H22O3/c1-5-12-10(3)13-8-7-9-19-15(13)14(11(12)4)16(17)18-6-2/h5-9H2,1-4H3. The summed E-state index contributed by atoms with van der Waals surface area (Å²) in [7, 11) is 0. The van der Waals surface area contributed by atoms with Gasteiger partial charge in [-0.2, -0.15) is 0 Å². The summed E-state index contributed by atoms with van der Waals surface area (Å²) in [6.45, 7) is 9.16. The molecule has 0 saturated heterocycles. The molecule has 1 aliphatic rings. The maximum Gasteiger partial charge on any atom is 0.342 e. The Balaban J connectivity index is 2.66. The van der Waals surface area contributed by atoms with Gasteiger partial charge in [0.15, 0.2) is 0 Å². The third kappa shape index (κ3) is 2.34. The fourth-order valence-corrected chi connectivity index (χ4v) is 2.97. The van der Waals surface area contributed by atoms with Crippen LogP contribution in [0.4, 0.5) is 0 Å². The average Bonchev–Trinajstić information content (AvgIpc) is 2.40. The van der Waals surface area contributed by atoms with Crippen LogP contribution in [0.1, 0.15) is 52.9 Å². The number of carbonyl (C=O) groups excluding carboxylic acids is 1. The second-order valence-electron chi connectivity index (χ2n) is 4.94. The molecule has 0 unspecified atom stereocenters. The summed E-state index contributed by atoms with van der Waals surface area (Å²) in [5, 5.41) is 0. The Morgan fingerprint density at radius 2 is 2.00 bits per heavy atom. The fraction of sp³-hybridized carbons (Fsp3) is 0.562. The summed E-state index contributed by atoms with van der Waals surface area (Å²) >= 11 is 0. The Kier molecular flexibility index (Phi) is 4.13. The summed E-state index contributed by atoms with van der Waals surface area (Å²) in [6.07, 6.45) is 2.93. The van der Waals surface area contributed by atoms with Gasteiger partial charge in [0.25, 0.3) is 0 Å². The SMILES string of the molecule is CCOC(=O)c1c(C)c(CC)c(C)c2c1OCCC2. The Morgan fingerprint density at radius 3 is 2.63 bits per heavy atom. The van der Waals surface area contributed by atoms with Crippen LogP contribution in [0.3, 0.4) is 0 Å². The van der Waals surface area contributed by atoms with Crippen molar-refractivity contribution in [3.8, 4) is 5.75 Å². The first-order valence-electron chi connectivity index (χ1n) is 7.06. The number of carbonyl (C=O) groups is 1. The zero-order valence-corrected chi connectivity index (χ0v) is 12.3. The number of ether oxygens (including phenoxy) is 2. The molecule has 2 rings (SSSR count). The molecule has 0 aromatic heterocycles. The van der Waals surface area contributed by atoms with Crippen molar-refractivity contribution in [3.63, 3.8) is 0 Å². The van der Waals surface area contributed by atoms with E-state index in [1.807, 2.05) is 13.8 Å². The fourth-order valence-electron chi connectivity index (χ4n) is 2.97. The molecular formula is C16H22O3. The second kappa shape index (κ2) is 5.64. The van der Waals surface area contributed by atoms with E-state index >= 15 is 0 Å². The van der Waals surface area contributed by atoms with Gasteiger partial charge >= 0.3 is 5.97 Å². The second-order valence-corrected chi connectivity index (χ2v) is 4.94. The lowest BCUT2D eigenvalue weighted by Gasteiger charge is -2.25. The summed E-state index contributed by atoms with van der Waals surface area (Å²) in [5.74, 6) is 0.504. The van der Waals surface area contributed by atoms with Crippen molar-refractivity contribution in [1.82, 2.24) is 0 Å². The van der Waals surface area contributed by atoms with E-state index in [4.69, 9.17) is 9.47 Å². The summed E-state index contributed by atoms with van der Waals surface area (Å²) in [4.78, 5) is 12.2. The van der Waals surface area contributed by atoms with Crippen LogP contribution in [-0.2, 0) is 17.6 Å². The van der Waals surface area contributed by atoms with Gasteiger partial charge < -0.3 is 9.47 Å². The Labute approximate surface area is 114 Å². The highest BCUT2D eigenvalue weighted by molar-refractivity contribution is 5.95. The predicted octanol–water partition coefficient (Wildman–Crippen LogP) is 3.37. The van der Waals surface area contributed by atoms with Crippen molar-refractivity contribution in [2.24, 2.45) is 0 Å². The van der Waals surface area contributed by atoms with Gasteiger partial charge in [0.05, 0.1) is 13.2 Å². The van der Waals surface area contributed by atoms with Crippen LogP contribution in [-0.4, -0.2) is 19.2 Å². The van der Waals surface area contributed by atoms with E-state index in [0.717, 1.165) is 30.6 Å². The van der Waals surface area contributed by atoms with Crippen LogP contribution in [0.15, 0.2) is 0 Å². The summed E-state index contributed by atoms with van der Waals surface area (Å²) < 4.78 is 11.0. The lowest BCUT2D eigenvalue weighted by Crippen LogP contribution is -2.18. The lowest BCUT2D eigenvalue weighted by atomic mass is 9.87. The van der Waals surface area contributed by atoms with Gasteiger partial charge in [-0.3, -0.25) is 0 Å². The number of hydrogen-bond donors (Lipinski definition) is 0. The number of fused-ring (bicyclic) bond motifs is 1. The van der Waals surface area contributed by atoms with Crippen LogP contribution in [0.5, 0.6) is 5.75 Å². The molecule has 0 amide bonds. The van der Waals surface area contributed by atoms with E-state index < -0.39 is 0 Å². The topological polar surface area (TPSA) is 35.5 Å². The molecule has 1 heterocycles. The molecule has 0 N–H and O–H groups in total. The van der Waals surface area contributed by atoms with Crippen molar-refractivity contribution < 1.29 is 14.3 Å². The van der Waals surface area contributed by atoms with Gasteiger partial charge in [-0.25, -0.2) is 4.79 Å². The highest BCUT2D eigenvalue weighted by Gasteiger charge is 2.27. The van der Waals surface area contributed by atoms with E-state index in [2.05, 4.69) is 13.8 Å². The predicted molar refractivity (Wildman–Crippen MR) is 75.1 cm³/mol. The number of benzene rings is 1. The van der Waals surface area contributed by atoms with Gasteiger partial charge in [-0.1, -0.05) is 6.92 Å². The minimum Gasteiger partial charge on any atom is -0.492 e. The first kappa shape index (κ1) is 13.9. The molecule has 0 aliphatic carbocycles. The van der Waals surface area contributed by atoms with Crippen molar-refractivity contribution in [2.45, 2.75) is 47.0 Å². The van der Waals surface area contributed by atoms with Crippen molar-refractivity contribution in [1.29, 1.82) is 0 Å². The molecule has 104 valence electrons. The number of rotatable bonds is 3. The first-order valence-corrected chi connectivity index (χ1v) is 7.06. The molecule has 0 saturated carbocycles. The Hall–Kier alpha value is -1.51. The zero-order chi connectivity index (χ0) is 14.0. The molecule has 1 aromatic carbocycles. The normalized spacial score (nSPS) is 13.7. The highest BCUT2D eigenvalue weighted by Crippen LogP contribution is 2.37. The van der Waals surface area contributed by atoms with Crippen molar-refractivity contribution >= 4 is 5.97 Å². The maximum atomic E-state index is 12.2. The van der Waals surface area contributed by atoms with Crippen LogP contribution in [0.25, 0.3) is 0 Å². The third-order valence-electron chi connectivity index (χ3n) is 3.88. The molecular weight excluding hydrogens is 240 g/mol. The summed E-state index contributed by atoms with van der Waals surface area (Å²) in [5.41, 5.74) is 5.38. The van der Waals surface area contributed by atoms with Crippen LogP contribution in [0.2, 0.25) is 0 Å². The zero-order valence-electron chi connectivity index (χ0n) is 12.3. The first-order chi connectivity index (χ1) is 9.11. The minimum absolute atomic E-state index is 0.257. The maximum absolute atomic E-state index is 12.2. The third-order valence-corrected chi connectivity index (χ3v) is 3.88. The minimum atomic E-state index is -0.257. The number of hydrogen-bond acceptors (Lipinski definition) is 3. The van der Waals surface area contributed by atoms with Crippen LogP contribution in [0, 0.1) is 13.8 Å². The van der Waals surface area contributed by atoms with Gasteiger partial charge in [0.2, 0.25) is 0 Å². The van der Waals surface area contributed by atoms with E-state index in [9.17, 15) is 4.79 Å². The largest absolute Gasteiger partial charge is 0.492 e. The Morgan fingerprint density at radius 1 is 1.26 bits per heavy atom. The molecule has 0 atom stereocenters. The lowest BCUT2D eigenvalue weighted by molar-refractivity contribution is 0.0519. The van der Waals surface area contributed by atoms with E-state index in [0.29, 0.717) is 18.8 Å². The Bertz CT molecular complexity index is 503. The average molecular weight is 262 g/mol.